The van der Waals surface area contributed by atoms with Crippen molar-refractivity contribution in [3.05, 3.63) is 0 Å². The van der Waals surface area contributed by atoms with Gasteiger partial charge >= 0.3 is 0 Å². The van der Waals surface area contributed by atoms with E-state index in [1.165, 1.54) is 0 Å². The van der Waals surface area contributed by atoms with Crippen LogP contribution in [0.4, 0.5) is 0 Å². The van der Waals surface area contributed by atoms with Crippen molar-refractivity contribution in [2.75, 3.05) is 13.6 Å². The summed E-state index contributed by atoms with van der Waals surface area (Å²) in [4.78, 5) is 2.32. The van der Waals surface area contributed by atoms with Gasteiger partial charge in [-0.25, -0.2) is 0 Å². The second-order valence-electron chi connectivity index (χ2n) is 3.59. The first-order valence-corrected chi connectivity index (χ1v) is 5.78. The second-order valence-corrected chi connectivity index (χ2v) is 4.90. The van der Waals surface area contributed by atoms with Gasteiger partial charge in [0.1, 0.15) is 0 Å². The van der Waals surface area contributed by atoms with Gasteiger partial charge < -0.3 is 0 Å². The Morgan fingerprint density at radius 3 is 2.43 bits per heavy atom. The molecule has 0 radical (unpaired) electrons. The van der Waals surface area contributed by atoms with E-state index in [1.54, 1.807) is 11.8 Å². The largest absolute Gasteiger partial charge is 0.294 e. The van der Waals surface area contributed by atoms with Gasteiger partial charge in [0.15, 0.2) is 0 Å². The normalized spacial score (nSPS) is 14.9. The van der Waals surface area contributed by atoms with Crippen molar-refractivity contribution in [3.8, 4) is 0 Å². The molecule has 0 aromatic carbocycles. The summed E-state index contributed by atoms with van der Waals surface area (Å²) in [6, 6.07) is 0. The highest BCUT2D eigenvalue weighted by molar-refractivity contribution is 8.14. The molecule has 82 valence electrons. The molecule has 0 aliphatic heterocycles. The summed E-state index contributed by atoms with van der Waals surface area (Å²) < 4.78 is 0. The topological polar surface area (TPSA) is 28.0 Å². The lowest BCUT2D eigenvalue weighted by Gasteiger charge is -2.29. The number of hydrogen-bond donors (Lipinski definition) is 0. The van der Waals surface area contributed by atoms with Crippen molar-refractivity contribution in [1.29, 1.82) is 0 Å². The Balaban J connectivity index is 4.37. The molecule has 0 saturated heterocycles. The van der Waals surface area contributed by atoms with Crippen LogP contribution in [0.5, 0.6) is 0 Å². The molecular formula is C10H21N3S. The lowest BCUT2D eigenvalue weighted by atomic mass is 10.2. The van der Waals surface area contributed by atoms with Crippen LogP contribution in [0.3, 0.4) is 0 Å². The Labute approximate surface area is 91.7 Å². The summed E-state index contributed by atoms with van der Waals surface area (Å²) in [7, 11) is 2.13. The second kappa shape index (κ2) is 7.01. The Kier molecular flexibility index (Phi) is 6.83. The molecule has 0 spiro atoms. The minimum Gasteiger partial charge on any atom is -0.294 e. The third-order valence-corrected chi connectivity index (χ3v) is 3.57. The fourth-order valence-electron chi connectivity index (χ4n) is 1.21. The van der Waals surface area contributed by atoms with Crippen LogP contribution in [0, 0.1) is 5.92 Å². The minimum absolute atomic E-state index is 0.463. The molecule has 4 heteroatoms. The summed E-state index contributed by atoms with van der Waals surface area (Å²) in [5.41, 5.74) is 0. The van der Waals surface area contributed by atoms with Crippen molar-refractivity contribution in [3.63, 3.8) is 0 Å². The molecule has 1 unspecified atom stereocenters. The van der Waals surface area contributed by atoms with Crippen LogP contribution < -0.4 is 0 Å². The van der Waals surface area contributed by atoms with Crippen molar-refractivity contribution in [2.45, 2.75) is 33.1 Å². The number of thioether (sulfide) groups is 1. The van der Waals surface area contributed by atoms with Crippen molar-refractivity contribution < 1.29 is 0 Å². The van der Waals surface area contributed by atoms with Gasteiger partial charge in [0, 0.05) is 6.72 Å². The zero-order valence-corrected chi connectivity index (χ0v) is 10.6. The van der Waals surface area contributed by atoms with Crippen LogP contribution in [-0.4, -0.2) is 35.6 Å². The average molecular weight is 215 g/mol. The van der Waals surface area contributed by atoms with Crippen LogP contribution in [0.1, 0.15) is 27.7 Å². The maximum absolute atomic E-state index is 3.93. The summed E-state index contributed by atoms with van der Waals surface area (Å²) >= 11 is 1.75. The quantitative estimate of drug-likeness (QED) is 0.305. The summed E-state index contributed by atoms with van der Waals surface area (Å²) in [6.45, 7) is 13.0. The Morgan fingerprint density at radius 2 is 2.07 bits per heavy atom. The Bertz CT molecular complexity index is 202. The van der Waals surface area contributed by atoms with Crippen molar-refractivity contribution in [1.82, 2.24) is 4.90 Å². The maximum atomic E-state index is 3.93. The lowest BCUT2D eigenvalue weighted by molar-refractivity contribution is 0.281. The predicted molar refractivity (Wildman–Crippen MR) is 67.2 cm³/mol. The van der Waals surface area contributed by atoms with Crippen LogP contribution >= 0.6 is 11.8 Å². The standard InChI is InChI=1S/C10H21N3S/c1-7-13(6)10(8(2)3)14-9(4)12-11-5/h8,10H,5,7H2,1-4,6H3/b12-9+. The van der Waals surface area contributed by atoms with Gasteiger partial charge in [-0.05, 0) is 26.4 Å². The fourth-order valence-corrected chi connectivity index (χ4v) is 2.27. The first kappa shape index (κ1) is 13.7. The molecule has 0 aromatic rings. The highest BCUT2D eigenvalue weighted by atomic mass is 32.2. The number of nitrogens with zero attached hydrogens (tertiary/aromatic N) is 3. The van der Waals surface area contributed by atoms with Gasteiger partial charge in [0.05, 0.1) is 10.4 Å². The molecule has 0 N–H and O–H groups in total. The van der Waals surface area contributed by atoms with Gasteiger partial charge in [-0.15, -0.1) is 5.10 Å². The monoisotopic (exact) mass is 215 g/mol. The first-order valence-electron chi connectivity index (χ1n) is 4.90. The highest BCUT2D eigenvalue weighted by Gasteiger charge is 2.18. The molecule has 0 aliphatic rings. The third kappa shape index (κ3) is 4.77. The summed E-state index contributed by atoms with van der Waals surface area (Å²) in [5.74, 6) is 0.597. The van der Waals surface area contributed by atoms with E-state index in [2.05, 4.69) is 49.6 Å². The molecule has 0 aliphatic carbocycles. The van der Waals surface area contributed by atoms with Crippen molar-refractivity contribution in [2.24, 2.45) is 16.1 Å². The van der Waals surface area contributed by atoms with E-state index in [4.69, 9.17) is 0 Å². The molecule has 3 nitrogen and oxygen atoms in total. The van der Waals surface area contributed by atoms with Gasteiger partial charge in [0.2, 0.25) is 0 Å². The molecule has 1 atom stereocenters. The molecule has 0 rings (SSSR count). The van der Waals surface area contributed by atoms with Crippen molar-refractivity contribution >= 4 is 23.5 Å². The molecular weight excluding hydrogens is 194 g/mol. The molecule has 0 aromatic heterocycles. The van der Waals surface area contributed by atoms with E-state index in [9.17, 15) is 0 Å². The smallest absolute Gasteiger partial charge is 0.0942 e. The van der Waals surface area contributed by atoms with Crippen LogP contribution in [0.2, 0.25) is 0 Å². The predicted octanol–water partition coefficient (Wildman–Crippen LogP) is 2.69. The summed E-state index contributed by atoms with van der Waals surface area (Å²) in [5, 5.41) is 8.90. The van der Waals surface area contributed by atoms with Crippen LogP contribution in [-0.2, 0) is 0 Å². The Morgan fingerprint density at radius 1 is 1.50 bits per heavy atom. The zero-order chi connectivity index (χ0) is 11.1. The molecule has 0 saturated carbocycles. The summed E-state index contributed by atoms with van der Waals surface area (Å²) in [6.07, 6.45) is 0. The van der Waals surface area contributed by atoms with E-state index in [-0.39, 0.29) is 0 Å². The van der Waals surface area contributed by atoms with Crippen LogP contribution in [0.25, 0.3) is 0 Å². The fraction of sp³-hybridized carbons (Fsp3) is 0.800. The van der Waals surface area contributed by atoms with E-state index in [1.807, 2.05) is 6.92 Å². The van der Waals surface area contributed by atoms with E-state index in [0.717, 1.165) is 11.6 Å². The van der Waals surface area contributed by atoms with Gasteiger partial charge in [-0.2, -0.15) is 5.10 Å². The zero-order valence-electron chi connectivity index (χ0n) is 9.82. The Hall–Kier alpha value is -0.350. The maximum Gasteiger partial charge on any atom is 0.0942 e. The molecule has 0 fully saturated rings. The minimum atomic E-state index is 0.463. The van der Waals surface area contributed by atoms with E-state index >= 15 is 0 Å². The van der Waals surface area contributed by atoms with Gasteiger partial charge in [-0.3, -0.25) is 4.90 Å². The van der Waals surface area contributed by atoms with E-state index < -0.39 is 0 Å². The van der Waals surface area contributed by atoms with Crippen LogP contribution in [0.15, 0.2) is 10.2 Å². The number of rotatable bonds is 5. The molecule has 0 heterocycles. The lowest BCUT2D eigenvalue weighted by Crippen LogP contribution is -2.33. The average Bonchev–Trinajstić information content (AvgIpc) is 2.13. The van der Waals surface area contributed by atoms with Gasteiger partial charge in [-0.1, -0.05) is 32.5 Å². The number of hydrogen-bond acceptors (Lipinski definition) is 4. The SMILES string of the molecule is C=N/N=C(\C)SC(C(C)C)N(C)CC. The molecule has 0 bridgehead atoms. The van der Waals surface area contributed by atoms with E-state index in [0.29, 0.717) is 11.3 Å². The third-order valence-electron chi connectivity index (χ3n) is 2.01. The first-order chi connectivity index (χ1) is 6.52. The van der Waals surface area contributed by atoms with Gasteiger partial charge in [0.25, 0.3) is 0 Å². The highest BCUT2D eigenvalue weighted by Crippen LogP contribution is 2.23. The molecule has 0 amide bonds. The molecule has 14 heavy (non-hydrogen) atoms.